The second-order valence-corrected chi connectivity index (χ2v) is 3.65. The standard InChI is InChI=1S/C11H20/c1-5-6-7-8-11(4)9-10(2)3/h10-11H,5,8-9H2,1-4H3. The van der Waals surface area contributed by atoms with Gasteiger partial charge in [0.15, 0.2) is 0 Å². The first kappa shape index (κ1) is 10.6. The van der Waals surface area contributed by atoms with E-state index in [-0.39, 0.29) is 0 Å². The molecule has 0 heterocycles. The summed E-state index contributed by atoms with van der Waals surface area (Å²) in [6, 6.07) is 0. The Labute approximate surface area is 71.4 Å². The highest BCUT2D eigenvalue weighted by atomic mass is 14.1. The summed E-state index contributed by atoms with van der Waals surface area (Å²) >= 11 is 0. The molecule has 0 aliphatic heterocycles. The highest BCUT2D eigenvalue weighted by Crippen LogP contribution is 2.13. The summed E-state index contributed by atoms with van der Waals surface area (Å²) in [6.45, 7) is 8.91. The van der Waals surface area contributed by atoms with Gasteiger partial charge in [0.2, 0.25) is 0 Å². The Morgan fingerprint density at radius 1 is 1.09 bits per heavy atom. The minimum absolute atomic E-state index is 0.772. The summed E-state index contributed by atoms with van der Waals surface area (Å²) in [5, 5.41) is 0. The molecule has 0 bridgehead atoms. The van der Waals surface area contributed by atoms with E-state index in [9.17, 15) is 0 Å². The molecule has 11 heavy (non-hydrogen) atoms. The van der Waals surface area contributed by atoms with Crippen LogP contribution in [0.5, 0.6) is 0 Å². The molecule has 0 radical (unpaired) electrons. The van der Waals surface area contributed by atoms with Crippen molar-refractivity contribution < 1.29 is 0 Å². The smallest absolute Gasteiger partial charge is 0.0114 e. The first-order valence-corrected chi connectivity index (χ1v) is 4.62. The van der Waals surface area contributed by atoms with Crippen molar-refractivity contribution >= 4 is 0 Å². The molecule has 0 nitrogen and oxygen atoms in total. The molecule has 0 N–H and O–H groups in total. The van der Waals surface area contributed by atoms with E-state index in [0.717, 1.165) is 24.7 Å². The Kier molecular flexibility index (Phi) is 6.03. The Balaban J connectivity index is 3.44. The lowest BCUT2D eigenvalue weighted by Crippen LogP contribution is -1.98. The molecular weight excluding hydrogens is 132 g/mol. The van der Waals surface area contributed by atoms with Crippen molar-refractivity contribution in [2.24, 2.45) is 11.8 Å². The van der Waals surface area contributed by atoms with Crippen LogP contribution in [-0.2, 0) is 0 Å². The number of hydrogen-bond acceptors (Lipinski definition) is 0. The lowest BCUT2D eigenvalue weighted by molar-refractivity contribution is 0.447. The fourth-order valence-electron chi connectivity index (χ4n) is 1.26. The molecule has 0 rings (SSSR count). The average molecular weight is 152 g/mol. The summed E-state index contributed by atoms with van der Waals surface area (Å²) in [5.74, 6) is 7.88. The van der Waals surface area contributed by atoms with Gasteiger partial charge in [-0.05, 0) is 18.3 Å². The maximum Gasteiger partial charge on any atom is 0.0114 e. The van der Waals surface area contributed by atoms with Crippen LogP contribution in [0.15, 0.2) is 0 Å². The van der Waals surface area contributed by atoms with Crippen LogP contribution in [0.4, 0.5) is 0 Å². The topological polar surface area (TPSA) is 0 Å². The molecule has 0 spiro atoms. The van der Waals surface area contributed by atoms with E-state index in [4.69, 9.17) is 0 Å². The van der Waals surface area contributed by atoms with Gasteiger partial charge in [0.05, 0.1) is 0 Å². The Bertz CT molecular complexity index is 134. The van der Waals surface area contributed by atoms with E-state index in [1.165, 1.54) is 6.42 Å². The van der Waals surface area contributed by atoms with Crippen LogP contribution in [0.25, 0.3) is 0 Å². The number of rotatable bonds is 3. The molecule has 0 aliphatic rings. The van der Waals surface area contributed by atoms with Gasteiger partial charge in [-0.15, -0.1) is 11.8 Å². The van der Waals surface area contributed by atoms with Gasteiger partial charge in [-0.2, -0.15) is 0 Å². The Hall–Kier alpha value is -0.440. The molecule has 0 aromatic carbocycles. The molecule has 0 heteroatoms. The zero-order valence-corrected chi connectivity index (χ0v) is 8.28. The van der Waals surface area contributed by atoms with Gasteiger partial charge in [-0.25, -0.2) is 0 Å². The summed E-state index contributed by atoms with van der Waals surface area (Å²) in [6.07, 6.45) is 3.37. The lowest BCUT2D eigenvalue weighted by atomic mass is 9.96. The Morgan fingerprint density at radius 3 is 2.18 bits per heavy atom. The SMILES string of the molecule is CCC#CCC(C)CC(C)C. The largest absolute Gasteiger partial charge is 0.104 e. The monoisotopic (exact) mass is 152 g/mol. The molecule has 1 unspecified atom stereocenters. The van der Waals surface area contributed by atoms with Crippen LogP contribution in [0.1, 0.15) is 47.0 Å². The molecule has 0 fully saturated rings. The maximum atomic E-state index is 3.19. The molecule has 0 saturated heterocycles. The van der Waals surface area contributed by atoms with Crippen LogP contribution < -0.4 is 0 Å². The highest BCUT2D eigenvalue weighted by Gasteiger charge is 2.01. The predicted molar refractivity (Wildman–Crippen MR) is 51.3 cm³/mol. The molecule has 1 atom stereocenters. The third-order valence-electron chi connectivity index (χ3n) is 1.63. The van der Waals surface area contributed by atoms with Gasteiger partial charge >= 0.3 is 0 Å². The zero-order valence-electron chi connectivity index (χ0n) is 8.28. The van der Waals surface area contributed by atoms with Gasteiger partial charge in [0.25, 0.3) is 0 Å². The van der Waals surface area contributed by atoms with Crippen molar-refractivity contribution in [1.29, 1.82) is 0 Å². The zero-order chi connectivity index (χ0) is 8.69. The number of hydrogen-bond donors (Lipinski definition) is 0. The molecule has 64 valence electrons. The van der Waals surface area contributed by atoms with E-state index >= 15 is 0 Å². The minimum Gasteiger partial charge on any atom is -0.104 e. The summed E-state index contributed by atoms with van der Waals surface area (Å²) in [5.41, 5.74) is 0. The van der Waals surface area contributed by atoms with Crippen molar-refractivity contribution in [3.63, 3.8) is 0 Å². The van der Waals surface area contributed by atoms with E-state index in [0.29, 0.717) is 0 Å². The fraction of sp³-hybridized carbons (Fsp3) is 0.818. The Morgan fingerprint density at radius 2 is 1.73 bits per heavy atom. The van der Waals surface area contributed by atoms with Crippen LogP contribution >= 0.6 is 0 Å². The summed E-state index contributed by atoms with van der Waals surface area (Å²) < 4.78 is 0. The molecule has 0 aromatic heterocycles. The fourth-order valence-corrected chi connectivity index (χ4v) is 1.26. The average Bonchev–Trinajstić information content (AvgIpc) is 1.86. The second-order valence-electron chi connectivity index (χ2n) is 3.65. The van der Waals surface area contributed by atoms with Crippen molar-refractivity contribution in [3.05, 3.63) is 0 Å². The predicted octanol–water partition coefficient (Wildman–Crippen LogP) is 3.47. The highest BCUT2D eigenvalue weighted by molar-refractivity contribution is 4.98. The third-order valence-corrected chi connectivity index (χ3v) is 1.63. The van der Waals surface area contributed by atoms with Crippen LogP contribution in [0, 0.1) is 23.7 Å². The molecular formula is C11H20. The van der Waals surface area contributed by atoms with Crippen molar-refractivity contribution in [1.82, 2.24) is 0 Å². The van der Waals surface area contributed by atoms with Gasteiger partial charge in [-0.3, -0.25) is 0 Å². The molecule has 0 saturated carbocycles. The minimum atomic E-state index is 0.772. The quantitative estimate of drug-likeness (QED) is 0.543. The summed E-state index contributed by atoms with van der Waals surface area (Å²) in [7, 11) is 0. The van der Waals surface area contributed by atoms with Crippen LogP contribution in [0.3, 0.4) is 0 Å². The lowest BCUT2D eigenvalue weighted by Gasteiger charge is -2.09. The van der Waals surface area contributed by atoms with Crippen molar-refractivity contribution in [3.8, 4) is 11.8 Å². The van der Waals surface area contributed by atoms with Gasteiger partial charge in [-0.1, -0.05) is 27.7 Å². The van der Waals surface area contributed by atoms with E-state index in [2.05, 4.69) is 39.5 Å². The van der Waals surface area contributed by atoms with E-state index in [1.54, 1.807) is 0 Å². The second kappa shape index (κ2) is 6.28. The molecule has 0 aliphatic carbocycles. The van der Waals surface area contributed by atoms with Crippen LogP contribution in [0.2, 0.25) is 0 Å². The first-order valence-electron chi connectivity index (χ1n) is 4.62. The molecule has 0 aromatic rings. The van der Waals surface area contributed by atoms with Gasteiger partial charge in [0, 0.05) is 12.8 Å². The van der Waals surface area contributed by atoms with Crippen molar-refractivity contribution in [2.75, 3.05) is 0 Å². The van der Waals surface area contributed by atoms with Gasteiger partial charge < -0.3 is 0 Å². The normalized spacial score (nSPS) is 12.5. The maximum absolute atomic E-state index is 3.19. The third kappa shape index (κ3) is 7.46. The molecule has 0 amide bonds. The van der Waals surface area contributed by atoms with E-state index < -0.39 is 0 Å². The van der Waals surface area contributed by atoms with Gasteiger partial charge in [0.1, 0.15) is 0 Å². The summed E-state index contributed by atoms with van der Waals surface area (Å²) in [4.78, 5) is 0. The van der Waals surface area contributed by atoms with Crippen molar-refractivity contribution in [2.45, 2.75) is 47.0 Å². The van der Waals surface area contributed by atoms with Crippen LogP contribution in [-0.4, -0.2) is 0 Å². The first-order chi connectivity index (χ1) is 5.16. The van der Waals surface area contributed by atoms with E-state index in [1.807, 2.05) is 0 Å².